The minimum absolute atomic E-state index is 0. The molecule has 15 nitrogen and oxygen atoms in total. The van der Waals surface area contributed by atoms with Crippen molar-refractivity contribution < 1.29 is 19.5 Å². The van der Waals surface area contributed by atoms with E-state index in [0.717, 1.165) is 16.9 Å². The van der Waals surface area contributed by atoms with Crippen LogP contribution in [0.1, 0.15) is 76.8 Å². The maximum atomic E-state index is 13.3. The summed E-state index contributed by atoms with van der Waals surface area (Å²) in [4.78, 5) is 47.7. The molecule has 15 heteroatoms. The molecule has 0 saturated heterocycles. The topological polar surface area (TPSA) is 193 Å². The van der Waals surface area contributed by atoms with E-state index in [-0.39, 0.29) is 25.0 Å². The Bertz CT molecular complexity index is 2190. The summed E-state index contributed by atoms with van der Waals surface area (Å²) in [6.07, 6.45) is 1.29. The molecule has 6 rings (SSSR count). The fourth-order valence-corrected chi connectivity index (χ4v) is 5.87. The number of aromatic hydroxyl groups is 1. The normalized spacial score (nSPS) is 11.2. The number of phenolic OH excluding ortho intramolecular Hbond substituents is 1. The Kier molecular flexibility index (Phi) is 9.82. The molecule has 0 aliphatic heterocycles. The summed E-state index contributed by atoms with van der Waals surface area (Å²) in [7, 11) is 0. The molecule has 5 N–H and O–H groups in total. The third-order valence-electron chi connectivity index (χ3n) is 8.12. The number of unbranched alkanes of at least 4 members (excludes halogenated alkanes) is 1. The number of fused-ring (bicyclic) bond motifs is 2. The molecule has 3 amide bonds. The number of benzene rings is 2. The van der Waals surface area contributed by atoms with Crippen molar-refractivity contribution in [1.82, 2.24) is 38.7 Å². The smallest absolute Gasteiger partial charge is 0.276 e. The van der Waals surface area contributed by atoms with E-state index >= 15 is 0 Å². The number of nitrogens with two attached hydrogens (primary N) is 1. The second-order valence-electron chi connectivity index (χ2n) is 11.5. The molecule has 0 unspecified atom stereocenters. The van der Waals surface area contributed by atoms with E-state index < -0.39 is 5.91 Å². The Morgan fingerprint density at radius 2 is 1.33 bits per heavy atom. The number of phenols is 1. The lowest BCUT2D eigenvalue weighted by molar-refractivity contribution is 0.0995. The molecule has 4 heterocycles. The monoisotopic (exact) mass is 667 g/mol. The number of carbonyl (C=O) groups is 3. The zero-order valence-corrected chi connectivity index (χ0v) is 27.2. The van der Waals surface area contributed by atoms with Gasteiger partial charge in [-0.2, -0.15) is 10.2 Å². The molecular weight excluding hydrogens is 626 g/mol. The van der Waals surface area contributed by atoms with Gasteiger partial charge in [0, 0.05) is 31.7 Å². The number of aromatic nitrogens is 8. The van der Waals surface area contributed by atoms with E-state index in [9.17, 15) is 19.5 Å². The van der Waals surface area contributed by atoms with Crippen molar-refractivity contribution in [3.63, 3.8) is 0 Å². The molecule has 4 aromatic heterocycles. The van der Waals surface area contributed by atoms with Crippen LogP contribution in [0.3, 0.4) is 0 Å². The summed E-state index contributed by atoms with van der Waals surface area (Å²) in [5, 5.41) is 25.1. The molecule has 0 fully saturated rings. The fourth-order valence-electron chi connectivity index (χ4n) is 5.87. The van der Waals surface area contributed by atoms with Crippen LogP contribution in [0.2, 0.25) is 0 Å². The minimum atomic E-state index is -0.574. The Balaban J connectivity index is 0.00000468. The van der Waals surface area contributed by atoms with Gasteiger partial charge in [-0.3, -0.25) is 34.4 Å². The molecule has 0 saturated carbocycles. The van der Waals surface area contributed by atoms with Crippen molar-refractivity contribution in [3.05, 3.63) is 76.9 Å². The van der Waals surface area contributed by atoms with Crippen LogP contribution in [-0.4, -0.2) is 61.5 Å². The second-order valence-corrected chi connectivity index (χ2v) is 11.5. The van der Waals surface area contributed by atoms with Gasteiger partial charge < -0.3 is 20.0 Å². The number of carbonyl (C=O) groups excluding carboxylic acids is 3. The van der Waals surface area contributed by atoms with Crippen LogP contribution < -0.4 is 16.4 Å². The zero-order chi connectivity index (χ0) is 34.1. The molecule has 2 aromatic carbocycles. The summed E-state index contributed by atoms with van der Waals surface area (Å²) in [6, 6.07) is 13.6. The Morgan fingerprint density at radius 1 is 0.776 bits per heavy atom. The fraction of sp³-hybridized carbons (Fsp3) is 0.324. The number of imidazole rings is 2. The summed E-state index contributed by atoms with van der Waals surface area (Å²) in [5.74, 6) is -0.637. The van der Waals surface area contributed by atoms with Gasteiger partial charge in [0.2, 0.25) is 17.8 Å². The van der Waals surface area contributed by atoms with E-state index in [4.69, 9.17) is 5.73 Å². The largest absolute Gasteiger partial charge is 0.506 e. The highest BCUT2D eigenvalue weighted by Gasteiger charge is 2.21. The highest BCUT2D eigenvalue weighted by molar-refractivity contribution is 6.04. The molecule has 6 aromatic rings. The van der Waals surface area contributed by atoms with E-state index in [1.54, 1.807) is 51.8 Å². The Hall–Kier alpha value is -5.99. The Morgan fingerprint density at radius 3 is 1.88 bits per heavy atom. The summed E-state index contributed by atoms with van der Waals surface area (Å²) in [6.45, 7) is 9.48. The lowest BCUT2D eigenvalue weighted by Gasteiger charge is -2.13. The predicted molar refractivity (Wildman–Crippen MR) is 187 cm³/mol. The van der Waals surface area contributed by atoms with Crippen LogP contribution in [0.25, 0.3) is 22.1 Å². The molecule has 256 valence electrons. The van der Waals surface area contributed by atoms with Crippen LogP contribution in [0.15, 0.2) is 48.5 Å². The number of rotatable bonds is 12. The summed E-state index contributed by atoms with van der Waals surface area (Å²) in [5.41, 5.74) is 10.4. The number of primary amides is 1. The average Bonchev–Trinajstić information content (AvgIpc) is 3.82. The number of amides is 3. The van der Waals surface area contributed by atoms with E-state index in [1.165, 1.54) is 0 Å². The van der Waals surface area contributed by atoms with Gasteiger partial charge in [-0.25, -0.2) is 9.97 Å². The first-order valence-electron chi connectivity index (χ1n) is 15.8. The molecule has 0 atom stereocenters. The van der Waals surface area contributed by atoms with Gasteiger partial charge in [0.05, 0.1) is 27.9 Å². The quantitative estimate of drug-likeness (QED) is 0.133. The predicted octanol–water partition coefficient (Wildman–Crippen LogP) is 4.86. The number of nitrogens with one attached hydrogen (secondary N) is 2. The number of para-hydroxylation sites is 1. The number of nitrogens with zero attached hydrogens (tertiary/aromatic N) is 8. The first-order valence-corrected chi connectivity index (χ1v) is 15.8. The van der Waals surface area contributed by atoms with Crippen LogP contribution >= 0.6 is 0 Å². The molecule has 0 radical (unpaired) electrons. The maximum absolute atomic E-state index is 13.3. The molecule has 0 aliphatic rings. The van der Waals surface area contributed by atoms with Gasteiger partial charge in [0.1, 0.15) is 22.7 Å². The van der Waals surface area contributed by atoms with E-state index in [2.05, 4.69) is 30.8 Å². The molecular formula is C34H41N11O4. The zero-order valence-electron chi connectivity index (χ0n) is 27.2. The number of hydrogen-bond donors (Lipinski definition) is 4. The van der Waals surface area contributed by atoms with Crippen molar-refractivity contribution in [2.24, 2.45) is 5.73 Å². The first kappa shape index (κ1) is 34.3. The molecule has 0 spiro atoms. The number of anilines is 2. The lowest BCUT2D eigenvalue weighted by Crippen LogP contribution is -2.20. The van der Waals surface area contributed by atoms with Crippen molar-refractivity contribution in [2.75, 3.05) is 10.6 Å². The van der Waals surface area contributed by atoms with Crippen LogP contribution in [0.4, 0.5) is 11.9 Å². The Labute approximate surface area is 282 Å². The lowest BCUT2D eigenvalue weighted by atomic mass is 10.2. The van der Waals surface area contributed by atoms with Crippen molar-refractivity contribution >= 4 is 51.7 Å². The van der Waals surface area contributed by atoms with Gasteiger partial charge in [-0.1, -0.05) is 13.5 Å². The number of aryl methyl sites for hydroxylation is 6. The van der Waals surface area contributed by atoms with E-state index in [0.29, 0.717) is 84.4 Å². The molecule has 0 bridgehead atoms. The van der Waals surface area contributed by atoms with E-state index in [1.807, 2.05) is 42.9 Å². The van der Waals surface area contributed by atoms with Crippen molar-refractivity contribution in [1.29, 1.82) is 0 Å². The highest BCUT2D eigenvalue weighted by atomic mass is 16.3. The van der Waals surface area contributed by atoms with Gasteiger partial charge in [-0.05, 0) is 83.0 Å². The minimum Gasteiger partial charge on any atom is -0.506 e. The van der Waals surface area contributed by atoms with Gasteiger partial charge >= 0.3 is 0 Å². The average molecular weight is 668 g/mol. The van der Waals surface area contributed by atoms with Gasteiger partial charge in [0.25, 0.3) is 11.8 Å². The van der Waals surface area contributed by atoms with Gasteiger partial charge in [0.15, 0.2) is 0 Å². The molecule has 0 aliphatic carbocycles. The third kappa shape index (κ3) is 6.72. The van der Waals surface area contributed by atoms with Crippen LogP contribution in [-0.2, 0) is 26.2 Å². The highest BCUT2D eigenvalue weighted by Crippen LogP contribution is 2.28. The maximum Gasteiger partial charge on any atom is 0.276 e. The molecule has 49 heavy (non-hydrogen) atoms. The summed E-state index contributed by atoms with van der Waals surface area (Å²) >= 11 is 0. The van der Waals surface area contributed by atoms with Crippen LogP contribution in [0, 0.1) is 13.8 Å². The van der Waals surface area contributed by atoms with Crippen LogP contribution in [0.5, 0.6) is 5.75 Å². The summed E-state index contributed by atoms with van der Waals surface area (Å²) < 4.78 is 7.02. The van der Waals surface area contributed by atoms with Crippen molar-refractivity contribution in [2.45, 2.75) is 74.1 Å². The van der Waals surface area contributed by atoms with Crippen molar-refractivity contribution in [3.8, 4) is 5.75 Å². The first-order chi connectivity index (χ1) is 23.1. The standard InChI is InChI=1S/C33H37N11O4.CH4/c1-5-43-25(16-19(3)39-43)30(47)37-32-35-22-18-21(29(34)46)12-13-23(22)41(32)14-7-8-15-42-24-10-9-11-27(45)28(24)36-33(42)38-31(48)26-17-20(4)40-44(26)6-2;/h9-13,16-18,45H,5-8,14-15H2,1-4H3,(H2,34,46)(H,35,37,47)(H,36,38,48);1H4. The SMILES string of the molecule is C.CCn1nc(C)cc1C(=O)Nc1nc2cc(C(N)=O)ccc2n1CCCCn1c(NC(=O)c2cc(C)nn2CC)nc2c(O)cccc21. The third-order valence-corrected chi connectivity index (χ3v) is 8.12. The van der Waals surface area contributed by atoms with Gasteiger partial charge in [-0.15, -0.1) is 0 Å². The number of hydrogen-bond acceptors (Lipinski definition) is 8. The second kappa shape index (κ2) is 14.0.